The van der Waals surface area contributed by atoms with Crippen molar-refractivity contribution in [3.63, 3.8) is 0 Å². The van der Waals surface area contributed by atoms with Gasteiger partial charge in [-0.2, -0.15) is 0 Å². The fourth-order valence-electron chi connectivity index (χ4n) is 4.66. The third-order valence-corrected chi connectivity index (χ3v) is 7.86. The lowest BCUT2D eigenvalue weighted by atomic mass is 9.84. The van der Waals surface area contributed by atoms with E-state index in [0.717, 1.165) is 46.8 Å². The van der Waals surface area contributed by atoms with Crippen molar-refractivity contribution in [2.24, 2.45) is 11.8 Å². The van der Waals surface area contributed by atoms with Gasteiger partial charge in [-0.15, -0.1) is 11.3 Å². The Balaban J connectivity index is 1.34. The molecule has 4 rings (SSSR count). The maximum absolute atomic E-state index is 13.1. The Morgan fingerprint density at radius 2 is 1.77 bits per heavy atom. The van der Waals surface area contributed by atoms with Crippen molar-refractivity contribution in [3.8, 4) is 10.6 Å². The molecule has 2 aliphatic rings. The topological polar surface area (TPSA) is 62.3 Å². The first-order valence-corrected chi connectivity index (χ1v) is 12.0. The van der Waals surface area contributed by atoms with E-state index in [1.807, 2.05) is 49.1 Å². The van der Waals surface area contributed by atoms with E-state index in [1.54, 1.807) is 0 Å². The van der Waals surface area contributed by atoms with Gasteiger partial charge in [-0.3, -0.25) is 9.59 Å². The van der Waals surface area contributed by atoms with Gasteiger partial charge in [-0.05, 0) is 38.5 Å². The van der Waals surface area contributed by atoms with Crippen molar-refractivity contribution in [2.45, 2.75) is 58.4 Å². The third-order valence-electron chi connectivity index (χ3n) is 6.66. The predicted octanol–water partition coefficient (Wildman–Crippen LogP) is 4.67. The summed E-state index contributed by atoms with van der Waals surface area (Å²) >= 11 is 1.48. The Kier molecular flexibility index (Phi) is 6.52. The first-order valence-electron chi connectivity index (χ1n) is 11.2. The van der Waals surface area contributed by atoms with E-state index in [2.05, 4.69) is 10.3 Å². The number of likely N-dealkylation sites (tertiary alicyclic amines) is 1. The highest BCUT2D eigenvalue weighted by atomic mass is 32.1. The molecule has 0 radical (unpaired) electrons. The summed E-state index contributed by atoms with van der Waals surface area (Å²) in [6.45, 7) is 5.38. The van der Waals surface area contributed by atoms with Gasteiger partial charge in [-0.25, -0.2) is 4.98 Å². The molecule has 1 saturated carbocycles. The van der Waals surface area contributed by atoms with Crippen LogP contribution in [0.15, 0.2) is 30.3 Å². The molecule has 0 unspecified atom stereocenters. The van der Waals surface area contributed by atoms with Crippen LogP contribution < -0.4 is 5.32 Å². The van der Waals surface area contributed by atoms with Crippen LogP contribution in [0, 0.1) is 18.8 Å². The number of rotatable bonds is 5. The van der Waals surface area contributed by atoms with Crippen LogP contribution in [0.4, 0.5) is 0 Å². The van der Waals surface area contributed by atoms with Gasteiger partial charge in [0, 0.05) is 30.6 Å². The Bertz CT molecular complexity index is 881. The van der Waals surface area contributed by atoms with Gasteiger partial charge in [0.05, 0.1) is 5.69 Å². The van der Waals surface area contributed by atoms with Crippen LogP contribution in [0.3, 0.4) is 0 Å². The number of thiazole rings is 1. The number of aromatic nitrogens is 1. The Hall–Kier alpha value is -2.21. The fraction of sp³-hybridized carbons (Fsp3) is 0.542. The molecule has 1 aliphatic heterocycles. The van der Waals surface area contributed by atoms with Gasteiger partial charge in [0.25, 0.3) is 5.91 Å². The van der Waals surface area contributed by atoms with Gasteiger partial charge >= 0.3 is 0 Å². The van der Waals surface area contributed by atoms with E-state index in [1.165, 1.54) is 24.2 Å². The number of aryl methyl sites for hydroxylation is 1. The van der Waals surface area contributed by atoms with Crippen molar-refractivity contribution in [2.75, 3.05) is 13.1 Å². The number of piperidine rings is 1. The third kappa shape index (κ3) is 4.59. The summed E-state index contributed by atoms with van der Waals surface area (Å²) in [4.78, 5) is 33.0. The summed E-state index contributed by atoms with van der Waals surface area (Å²) in [6.07, 6.45) is 6.45. The molecule has 2 fully saturated rings. The molecule has 2 heterocycles. The lowest BCUT2D eigenvalue weighted by Gasteiger charge is -2.34. The van der Waals surface area contributed by atoms with Gasteiger partial charge in [-0.1, -0.05) is 50.1 Å². The maximum Gasteiger partial charge on any atom is 0.265 e. The lowest BCUT2D eigenvalue weighted by Crippen LogP contribution is -2.44. The van der Waals surface area contributed by atoms with Crippen molar-refractivity contribution in [3.05, 3.63) is 40.9 Å². The quantitative estimate of drug-likeness (QED) is 0.757. The number of benzene rings is 1. The molecule has 1 N–H and O–H groups in total. The predicted molar refractivity (Wildman–Crippen MR) is 120 cm³/mol. The minimum Gasteiger partial charge on any atom is -0.353 e. The smallest absolute Gasteiger partial charge is 0.265 e. The molecule has 1 saturated heterocycles. The summed E-state index contributed by atoms with van der Waals surface area (Å²) in [5.74, 6) is 0.627. The second-order valence-electron chi connectivity index (χ2n) is 8.71. The zero-order valence-electron chi connectivity index (χ0n) is 17.9. The minimum absolute atomic E-state index is 0.0117. The summed E-state index contributed by atoms with van der Waals surface area (Å²) in [5, 5.41) is 4.13. The maximum atomic E-state index is 13.1. The van der Waals surface area contributed by atoms with Crippen LogP contribution in [0.1, 0.15) is 60.8 Å². The second kappa shape index (κ2) is 9.29. The van der Waals surface area contributed by atoms with Gasteiger partial charge < -0.3 is 10.2 Å². The molecule has 1 aromatic heterocycles. The average molecular weight is 426 g/mol. The molecule has 2 aromatic rings. The highest BCUT2D eigenvalue weighted by molar-refractivity contribution is 7.17. The molecule has 1 aliphatic carbocycles. The second-order valence-corrected chi connectivity index (χ2v) is 9.71. The first-order chi connectivity index (χ1) is 14.5. The number of nitrogens with zero attached hydrogens (tertiary/aromatic N) is 2. The molecule has 160 valence electrons. The van der Waals surface area contributed by atoms with E-state index in [4.69, 9.17) is 0 Å². The number of amides is 2. The Labute approximate surface area is 182 Å². The normalized spacial score (nSPS) is 19.1. The molecule has 1 aromatic carbocycles. The van der Waals surface area contributed by atoms with Crippen LogP contribution in [0.5, 0.6) is 0 Å². The molecule has 1 atom stereocenters. The summed E-state index contributed by atoms with van der Waals surface area (Å²) in [6, 6.07) is 10.4. The Morgan fingerprint density at radius 1 is 1.10 bits per heavy atom. The summed E-state index contributed by atoms with van der Waals surface area (Å²) in [7, 11) is 0. The highest BCUT2D eigenvalue weighted by Gasteiger charge is 2.32. The van der Waals surface area contributed by atoms with E-state index in [-0.39, 0.29) is 17.7 Å². The zero-order chi connectivity index (χ0) is 21.1. The zero-order valence-corrected chi connectivity index (χ0v) is 18.7. The Morgan fingerprint density at radius 3 is 2.43 bits per heavy atom. The standard InChI is InChI=1S/C24H31N3O2S/c1-16(22(28)26-20-10-6-7-11-20)18-12-14-27(15-13-18)24(29)21-17(2)25-23(30-21)19-8-4-3-5-9-19/h3-5,8-9,16,18,20H,6-7,10-15H2,1-2H3,(H,26,28)/t16-/m1/s1. The van der Waals surface area contributed by atoms with Crippen molar-refractivity contribution in [1.29, 1.82) is 0 Å². The largest absolute Gasteiger partial charge is 0.353 e. The number of nitrogens with one attached hydrogen (secondary N) is 1. The van der Waals surface area contributed by atoms with Crippen molar-refractivity contribution < 1.29 is 9.59 Å². The lowest BCUT2D eigenvalue weighted by molar-refractivity contribution is -0.127. The monoisotopic (exact) mass is 425 g/mol. The van der Waals surface area contributed by atoms with Crippen LogP contribution in [0.25, 0.3) is 10.6 Å². The van der Waals surface area contributed by atoms with E-state index in [0.29, 0.717) is 25.0 Å². The average Bonchev–Trinajstić information content (AvgIpc) is 3.43. The number of hydrogen-bond donors (Lipinski definition) is 1. The van der Waals surface area contributed by atoms with Gasteiger partial charge in [0.1, 0.15) is 9.88 Å². The summed E-state index contributed by atoms with van der Waals surface area (Å²) < 4.78 is 0. The van der Waals surface area contributed by atoms with Crippen molar-refractivity contribution >= 4 is 23.2 Å². The van der Waals surface area contributed by atoms with Crippen LogP contribution in [-0.2, 0) is 4.79 Å². The molecule has 6 heteroatoms. The van der Waals surface area contributed by atoms with E-state index in [9.17, 15) is 9.59 Å². The van der Waals surface area contributed by atoms with Crippen LogP contribution in [0.2, 0.25) is 0 Å². The first kappa shape index (κ1) is 21.0. The minimum atomic E-state index is 0.0117. The van der Waals surface area contributed by atoms with Crippen LogP contribution in [-0.4, -0.2) is 40.8 Å². The number of carbonyl (C=O) groups excluding carboxylic acids is 2. The molecule has 2 amide bonds. The van der Waals surface area contributed by atoms with E-state index >= 15 is 0 Å². The SMILES string of the molecule is Cc1nc(-c2ccccc2)sc1C(=O)N1CCC([C@@H](C)C(=O)NC2CCCC2)CC1. The molecular formula is C24H31N3O2S. The van der Waals surface area contributed by atoms with Crippen LogP contribution >= 0.6 is 11.3 Å². The van der Waals surface area contributed by atoms with E-state index < -0.39 is 0 Å². The van der Waals surface area contributed by atoms with Crippen molar-refractivity contribution in [1.82, 2.24) is 15.2 Å². The number of hydrogen-bond acceptors (Lipinski definition) is 4. The van der Waals surface area contributed by atoms with Gasteiger partial charge in [0.2, 0.25) is 5.91 Å². The molecule has 5 nitrogen and oxygen atoms in total. The highest BCUT2D eigenvalue weighted by Crippen LogP contribution is 2.31. The summed E-state index contributed by atoms with van der Waals surface area (Å²) in [5.41, 5.74) is 1.85. The fourth-order valence-corrected chi connectivity index (χ4v) is 5.70. The molecule has 0 spiro atoms. The molecule has 30 heavy (non-hydrogen) atoms. The van der Waals surface area contributed by atoms with Gasteiger partial charge in [0.15, 0.2) is 0 Å². The molecular weight excluding hydrogens is 394 g/mol. The number of carbonyl (C=O) groups is 2. The molecule has 0 bridgehead atoms.